The highest BCUT2D eigenvalue weighted by Gasteiger charge is 2.36. The van der Waals surface area contributed by atoms with Crippen molar-refractivity contribution in [3.63, 3.8) is 0 Å². The standard InChI is InChI=1S/C12H24O2/c1-4-14-12(10-6-7-10)11(13)8-5-9(2)3/h9-13H,4-8H2,1-3H3. The van der Waals surface area contributed by atoms with Crippen molar-refractivity contribution >= 4 is 0 Å². The zero-order chi connectivity index (χ0) is 10.6. The third kappa shape index (κ3) is 3.97. The van der Waals surface area contributed by atoms with Crippen molar-refractivity contribution in [2.24, 2.45) is 11.8 Å². The van der Waals surface area contributed by atoms with Crippen LogP contribution in [0.1, 0.15) is 46.5 Å². The van der Waals surface area contributed by atoms with Crippen LogP contribution in [0.3, 0.4) is 0 Å². The van der Waals surface area contributed by atoms with Crippen LogP contribution >= 0.6 is 0 Å². The van der Waals surface area contributed by atoms with Crippen LogP contribution in [0.25, 0.3) is 0 Å². The average Bonchev–Trinajstić information content (AvgIpc) is 2.93. The van der Waals surface area contributed by atoms with E-state index in [1.807, 2.05) is 6.92 Å². The minimum atomic E-state index is -0.246. The lowest BCUT2D eigenvalue weighted by atomic mass is 9.99. The van der Waals surface area contributed by atoms with Crippen LogP contribution in [-0.2, 0) is 4.74 Å². The molecule has 0 saturated heterocycles. The van der Waals surface area contributed by atoms with Crippen LogP contribution < -0.4 is 0 Å². The van der Waals surface area contributed by atoms with Crippen LogP contribution in [0.5, 0.6) is 0 Å². The van der Waals surface area contributed by atoms with Gasteiger partial charge in [0.2, 0.25) is 0 Å². The first-order valence-electron chi connectivity index (χ1n) is 5.94. The van der Waals surface area contributed by atoms with Gasteiger partial charge in [-0.15, -0.1) is 0 Å². The Morgan fingerprint density at radius 2 is 1.93 bits per heavy atom. The van der Waals surface area contributed by atoms with E-state index in [9.17, 15) is 5.11 Å². The third-order valence-corrected chi connectivity index (χ3v) is 2.86. The van der Waals surface area contributed by atoms with Gasteiger partial charge in [-0.3, -0.25) is 0 Å². The molecule has 0 heterocycles. The van der Waals surface area contributed by atoms with E-state index in [0.717, 1.165) is 19.4 Å². The average molecular weight is 200 g/mol. The molecule has 1 fully saturated rings. The molecule has 1 aliphatic rings. The highest BCUT2D eigenvalue weighted by atomic mass is 16.5. The summed E-state index contributed by atoms with van der Waals surface area (Å²) in [5, 5.41) is 9.97. The Labute approximate surface area is 87.7 Å². The van der Waals surface area contributed by atoms with Gasteiger partial charge in [0.15, 0.2) is 0 Å². The van der Waals surface area contributed by atoms with Crippen molar-refractivity contribution in [2.45, 2.75) is 58.7 Å². The summed E-state index contributed by atoms with van der Waals surface area (Å²) >= 11 is 0. The molecule has 0 aliphatic heterocycles. The summed E-state index contributed by atoms with van der Waals surface area (Å²) in [7, 11) is 0. The molecule has 0 spiro atoms. The molecule has 1 N–H and O–H groups in total. The maximum Gasteiger partial charge on any atom is 0.0861 e. The van der Waals surface area contributed by atoms with Crippen molar-refractivity contribution in [3.05, 3.63) is 0 Å². The van der Waals surface area contributed by atoms with Gasteiger partial charge in [0.25, 0.3) is 0 Å². The predicted octanol–water partition coefficient (Wildman–Crippen LogP) is 2.60. The zero-order valence-corrected chi connectivity index (χ0v) is 9.70. The molecule has 2 unspecified atom stereocenters. The molecule has 0 aromatic heterocycles. The van der Waals surface area contributed by atoms with E-state index in [1.54, 1.807) is 0 Å². The molecule has 1 saturated carbocycles. The van der Waals surface area contributed by atoms with Gasteiger partial charge >= 0.3 is 0 Å². The largest absolute Gasteiger partial charge is 0.390 e. The molecule has 2 nitrogen and oxygen atoms in total. The molecule has 0 bridgehead atoms. The minimum absolute atomic E-state index is 0.110. The summed E-state index contributed by atoms with van der Waals surface area (Å²) < 4.78 is 5.61. The Kier molecular flexibility index (Phi) is 4.90. The first-order chi connectivity index (χ1) is 6.65. The second-order valence-corrected chi connectivity index (χ2v) is 4.80. The maximum atomic E-state index is 9.97. The van der Waals surface area contributed by atoms with Gasteiger partial charge in [-0.2, -0.15) is 0 Å². The van der Waals surface area contributed by atoms with E-state index < -0.39 is 0 Å². The summed E-state index contributed by atoms with van der Waals surface area (Å²) in [6.07, 6.45) is 4.33. The van der Waals surface area contributed by atoms with Crippen LogP contribution in [-0.4, -0.2) is 23.9 Å². The third-order valence-electron chi connectivity index (χ3n) is 2.86. The first-order valence-corrected chi connectivity index (χ1v) is 5.94. The van der Waals surface area contributed by atoms with Gasteiger partial charge in [0.05, 0.1) is 12.2 Å². The lowest BCUT2D eigenvalue weighted by Crippen LogP contribution is -2.31. The zero-order valence-electron chi connectivity index (χ0n) is 9.70. The summed E-state index contributed by atoms with van der Waals surface area (Å²) in [4.78, 5) is 0. The minimum Gasteiger partial charge on any atom is -0.390 e. The van der Waals surface area contributed by atoms with Gasteiger partial charge in [0, 0.05) is 6.61 Å². The number of hydrogen-bond acceptors (Lipinski definition) is 2. The molecule has 2 heteroatoms. The van der Waals surface area contributed by atoms with Crippen LogP contribution in [0, 0.1) is 11.8 Å². The second kappa shape index (κ2) is 5.72. The Morgan fingerprint density at radius 3 is 2.36 bits per heavy atom. The van der Waals surface area contributed by atoms with Gasteiger partial charge in [0.1, 0.15) is 0 Å². The summed E-state index contributed by atoms with van der Waals surface area (Å²) in [5.41, 5.74) is 0. The molecular formula is C12H24O2. The lowest BCUT2D eigenvalue weighted by molar-refractivity contribution is -0.0491. The van der Waals surface area contributed by atoms with Crippen LogP contribution in [0.2, 0.25) is 0 Å². The Bertz CT molecular complexity index is 152. The fraction of sp³-hybridized carbons (Fsp3) is 1.00. The van der Waals surface area contributed by atoms with Gasteiger partial charge in [-0.1, -0.05) is 13.8 Å². The first kappa shape index (κ1) is 12.0. The van der Waals surface area contributed by atoms with Gasteiger partial charge < -0.3 is 9.84 Å². The van der Waals surface area contributed by atoms with Gasteiger partial charge in [-0.05, 0) is 44.4 Å². The molecule has 0 aromatic rings. The molecule has 0 radical (unpaired) electrons. The predicted molar refractivity (Wildman–Crippen MR) is 58.2 cm³/mol. The SMILES string of the molecule is CCOC(C(O)CCC(C)C)C1CC1. The molecule has 2 atom stereocenters. The summed E-state index contributed by atoms with van der Waals surface area (Å²) in [6.45, 7) is 7.11. The second-order valence-electron chi connectivity index (χ2n) is 4.80. The topological polar surface area (TPSA) is 29.5 Å². The molecule has 14 heavy (non-hydrogen) atoms. The smallest absolute Gasteiger partial charge is 0.0861 e. The van der Waals surface area contributed by atoms with Crippen molar-refractivity contribution in [1.29, 1.82) is 0 Å². The van der Waals surface area contributed by atoms with E-state index in [2.05, 4.69) is 13.8 Å². The summed E-state index contributed by atoms with van der Waals surface area (Å²) in [5.74, 6) is 1.31. The van der Waals surface area contributed by atoms with Crippen molar-refractivity contribution in [1.82, 2.24) is 0 Å². The molecule has 84 valence electrons. The number of aliphatic hydroxyl groups excluding tert-OH is 1. The molecule has 0 aromatic carbocycles. The van der Waals surface area contributed by atoms with Crippen molar-refractivity contribution in [2.75, 3.05) is 6.61 Å². The summed E-state index contributed by atoms with van der Waals surface area (Å²) in [6, 6.07) is 0. The molecule has 1 aliphatic carbocycles. The lowest BCUT2D eigenvalue weighted by Gasteiger charge is -2.23. The Morgan fingerprint density at radius 1 is 1.29 bits per heavy atom. The molecule has 0 amide bonds. The highest BCUT2D eigenvalue weighted by Crippen LogP contribution is 2.36. The number of ether oxygens (including phenoxy) is 1. The quantitative estimate of drug-likeness (QED) is 0.684. The number of rotatable bonds is 7. The van der Waals surface area contributed by atoms with E-state index >= 15 is 0 Å². The van der Waals surface area contributed by atoms with Crippen molar-refractivity contribution in [3.8, 4) is 0 Å². The van der Waals surface area contributed by atoms with Crippen LogP contribution in [0.15, 0.2) is 0 Å². The highest BCUT2D eigenvalue weighted by molar-refractivity contribution is 4.86. The van der Waals surface area contributed by atoms with E-state index in [0.29, 0.717) is 11.8 Å². The maximum absolute atomic E-state index is 9.97. The van der Waals surface area contributed by atoms with Crippen molar-refractivity contribution < 1.29 is 9.84 Å². The number of aliphatic hydroxyl groups is 1. The van der Waals surface area contributed by atoms with Crippen LogP contribution in [0.4, 0.5) is 0 Å². The monoisotopic (exact) mass is 200 g/mol. The van der Waals surface area contributed by atoms with E-state index in [1.165, 1.54) is 12.8 Å². The van der Waals surface area contributed by atoms with E-state index in [4.69, 9.17) is 4.74 Å². The normalized spacial score (nSPS) is 21.2. The molecule has 1 rings (SSSR count). The molecular weight excluding hydrogens is 176 g/mol. The fourth-order valence-corrected chi connectivity index (χ4v) is 1.85. The van der Waals surface area contributed by atoms with E-state index in [-0.39, 0.29) is 12.2 Å². The number of hydrogen-bond donors (Lipinski definition) is 1. The fourth-order valence-electron chi connectivity index (χ4n) is 1.85. The Hall–Kier alpha value is -0.0800. The van der Waals surface area contributed by atoms with Gasteiger partial charge in [-0.25, -0.2) is 0 Å². The Balaban J connectivity index is 2.26.